The van der Waals surface area contributed by atoms with E-state index in [-0.39, 0.29) is 5.91 Å². The van der Waals surface area contributed by atoms with Gasteiger partial charge in [-0.25, -0.2) is 4.98 Å². The maximum absolute atomic E-state index is 12.0. The zero-order chi connectivity index (χ0) is 15.9. The van der Waals surface area contributed by atoms with Crippen LogP contribution in [0.4, 0.5) is 0 Å². The third-order valence-corrected chi connectivity index (χ3v) is 6.53. The van der Waals surface area contributed by atoms with Gasteiger partial charge in [-0.15, -0.1) is 11.3 Å². The average molecular weight is 349 g/mol. The summed E-state index contributed by atoms with van der Waals surface area (Å²) in [6, 6.07) is 8.65. The fourth-order valence-electron chi connectivity index (χ4n) is 3.03. The Morgan fingerprint density at radius 2 is 2.00 bits per heavy atom. The molecule has 3 nitrogen and oxygen atoms in total. The molecule has 0 unspecified atom stereocenters. The normalized spacial score (nSPS) is 16.3. The number of hydrogen-bond acceptors (Lipinski definition) is 4. The minimum Gasteiger partial charge on any atom is -0.353 e. The molecule has 0 saturated heterocycles. The summed E-state index contributed by atoms with van der Waals surface area (Å²) in [6.45, 7) is 0. The topological polar surface area (TPSA) is 42.0 Å². The summed E-state index contributed by atoms with van der Waals surface area (Å²) in [7, 11) is 0. The second kappa shape index (κ2) is 8.69. The lowest BCUT2D eigenvalue weighted by Crippen LogP contribution is -2.34. The summed E-state index contributed by atoms with van der Waals surface area (Å²) in [5.41, 5.74) is 1.08. The van der Waals surface area contributed by atoms with Crippen molar-refractivity contribution in [2.75, 3.05) is 5.75 Å². The smallest absolute Gasteiger partial charge is 0.220 e. The Morgan fingerprint density at radius 3 is 2.78 bits per heavy atom. The van der Waals surface area contributed by atoms with Gasteiger partial charge in [-0.2, -0.15) is 0 Å². The number of nitrogens with zero attached hydrogens (tertiary/aromatic N) is 1. The molecule has 1 aliphatic carbocycles. The standard InChI is InChI=1S/C18H24N2OS2/c21-17(19-14-8-3-1-2-4-9-14)12-7-13-22-18-20-15-10-5-6-11-16(15)23-18/h5-6,10-11,14H,1-4,7-9,12-13H2,(H,19,21). The fraction of sp³-hybridized carbons (Fsp3) is 0.556. The largest absolute Gasteiger partial charge is 0.353 e. The summed E-state index contributed by atoms with van der Waals surface area (Å²) in [5, 5.41) is 3.22. The van der Waals surface area contributed by atoms with Crippen molar-refractivity contribution < 1.29 is 4.79 Å². The van der Waals surface area contributed by atoms with Gasteiger partial charge in [-0.05, 0) is 31.4 Å². The molecule has 23 heavy (non-hydrogen) atoms. The molecule has 1 fully saturated rings. The minimum absolute atomic E-state index is 0.224. The molecule has 0 atom stereocenters. The number of carbonyl (C=O) groups excluding carboxylic acids is 1. The van der Waals surface area contributed by atoms with E-state index >= 15 is 0 Å². The van der Waals surface area contributed by atoms with Gasteiger partial charge in [-0.3, -0.25) is 4.79 Å². The number of fused-ring (bicyclic) bond motifs is 1. The van der Waals surface area contributed by atoms with Crippen molar-refractivity contribution in [1.82, 2.24) is 10.3 Å². The molecule has 0 bridgehead atoms. The fourth-order valence-corrected chi connectivity index (χ4v) is 5.11. The molecular weight excluding hydrogens is 324 g/mol. The molecule has 1 aromatic heterocycles. The maximum atomic E-state index is 12.0. The van der Waals surface area contributed by atoms with Gasteiger partial charge in [0.2, 0.25) is 5.91 Å². The lowest BCUT2D eigenvalue weighted by molar-refractivity contribution is -0.121. The van der Waals surface area contributed by atoms with Crippen molar-refractivity contribution in [2.24, 2.45) is 0 Å². The van der Waals surface area contributed by atoms with E-state index in [1.807, 2.05) is 12.1 Å². The molecule has 3 rings (SSSR count). The SMILES string of the molecule is O=C(CCCSc1nc2ccccc2s1)NC1CCCCCC1. The van der Waals surface area contributed by atoms with E-state index in [9.17, 15) is 4.79 Å². The molecule has 1 aliphatic rings. The van der Waals surface area contributed by atoms with Gasteiger partial charge in [-0.1, -0.05) is 49.6 Å². The predicted molar refractivity (Wildman–Crippen MR) is 99.2 cm³/mol. The third-order valence-electron chi connectivity index (χ3n) is 4.27. The lowest BCUT2D eigenvalue weighted by atomic mass is 10.1. The second-order valence-corrected chi connectivity index (χ2v) is 8.53. The Bertz CT molecular complexity index is 600. The van der Waals surface area contributed by atoms with E-state index in [0.29, 0.717) is 12.5 Å². The molecule has 0 radical (unpaired) electrons. The van der Waals surface area contributed by atoms with Crippen molar-refractivity contribution in [3.63, 3.8) is 0 Å². The molecule has 0 spiro atoms. The molecule has 0 aliphatic heterocycles. The Morgan fingerprint density at radius 1 is 1.22 bits per heavy atom. The lowest BCUT2D eigenvalue weighted by Gasteiger charge is -2.15. The van der Waals surface area contributed by atoms with Crippen LogP contribution in [-0.4, -0.2) is 22.7 Å². The number of hydrogen-bond donors (Lipinski definition) is 1. The number of nitrogens with one attached hydrogen (secondary N) is 1. The van der Waals surface area contributed by atoms with Crippen LogP contribution in [0.15, 0.2) is 28.6 Å². The van der Waals surface area contributed by atoms with Crippen LogP contribution in [0.3, 0.4) is 0 Å². The molecule has 1 heterocycles. The molecule has 124 valence electrons. The molecular formula is C18H24N2OS2. The summed E-state index contributed by atoms with van der Waals surface area (Å²) in [5.74, 6) is 1.18. The van der Waals surface area contributed by atoms with Crippen molar-refractivity contribution in [2.45, 2.75) is 61.7 Å². The Balaban J connectivity index is 1.36. The number of thiazole rings is 1. The molecule has 1 N–H and O–H groups in total. The predicted octanol–water partition coefficient (Wildman–Crippen LogP) is 5.01. The van der Waals surface area contributed by atoms with Crippen molar-refractivity contribution >= 4 is 39.2 Å². The minimum atomic E-state index is 0.224. The highest BCUT2D eigenvalue weighted by atomic mass is 32.2. The van der Waals surface area contributed by atoms with Gasteiger partial charge in [0.1, 0.15) is 0 Å². The van der Waals surface area contributed by atoms with E-state index in [1.165, 1.54) is 30.4 Å². The van der Waals surface area contributed by atoms with E-state index < -0.39 is 0 Å². The Labute approximate surface area is 146 Å². The van der Waals surface area contributed by atoms with Crippen LogP contribution in [-0.2, 0) is 4.79 Å². The van der Waals surface area contributed by atoms with Gasteiger partial charge in [0.05, 0.1) is 10.2 Å². The number of aromatic nitrogens is 1. The van der Waals surface area contributed by atoms with Crippen molar-refractivity contribution in [3.05, 3.63) is 24.3 Å². The highest BCUT2D eigenvalue weighted by molar-refractivity contribution is 8.01. The summed E-state index contributed by atoms with van der Waals surface area (Å²) in [4.78, 5) is 16.7. The Kier molecular flexibility index (Phi) is 6.34. The van der Waals surface area contributed by atoms with Crippen LogP contribution in [0.5, 0.6) is 0 Å². The molecule has 1 saturated carbocycles. The van der Waals surface area contributed by atoms with Crippen LogP contribution in [0.2, 0.25) is 0 Å². The highest BCUT2D eigenvalue weighted by Gasteiger charge is 2.14. The Hall–Kier alpha value is -1.07. The maximum Gasteiger partial charge on any atom is 0.220 e. The molecule has 1 aromatic carbocycles. The van der Waals surface area contributed by atoms with Gasteiger partial charge in [0.25, 0.3) is 0 Å². The van der Waals surface area contributed by atoms with E-state index in [4.69, 9.17) is 0 Å². The highest BCUT2D eigenvalue weighted by Crippen LogP contribution is 2.29. The molecule has 5 heteroatoms. The number of rotatable bonds is 6. The summed E-state index contributed by atoms with van der Waals surface area (Å²) in [6.07, 6.45) is 9.04. The number of benzene rings is 1. The number of amides is 1. The van der Waals surface area contributed by atoms with Crippen LogP contribution < -0.4 is 5.32 Å². The van der Waals surface area contributed by atoms with Crippen LogP contribution in [0.25, 0.3) is 10.2 Å². The zero-order valence-corrected chi connectivity index (χ0v) is 15.1. The number of carbonyl (C=O) groups is 1. The summed E-state index contributed by atoms with van der Waals surface area (Å²) >= 11 is 3.50. The average Bonchev–Trinajstić information content (AvgIpc) is 2.80. The van der Waals surface area contributed by atoms with E-state index in [1.54, 1.807) is 23.1 Å². The third kappa shape index (κ3) is 5.21. The first-order valence-electron chi connectivity index (χ1n) is 8.59. The van der Waals surface area contributed by atoms with E-state index in [0.717, 1.165) is 34.9 Å². The first-order valence-corrected chi connectivity index (χ1v) is 10.4. The first-order chi connectivity index (χ1) is 11.3. The monoisotopic (exact) mass is 348 g/mol. The summed E-state index contributed by atoms with van der Waals surface area (Å²) < 4.78 is 2.34. The first kappa shape index (κ1) is 16.8. The number of thioether (sulfide) groups is 1. The zero-order valence-electron chi connectivity index (χ0n) is 13.4. The van der Waals surface area contributed by atoms with Crippen LogP contribution in [0, 0.1) is 0 Å². The van der Waals surface area contributed by atoms with Gasteiger partial charge in [0.15, 0.2) is 4.34 Å². The van der Waals surface area contributed by atoms with Crippen LogP contribution >= 0.6 is 23.1 Å². The molecule has 2 aromatic rings. The second-order valence-electron chi connectivity index (χ2n) is 6.16. The molecule has 1 amide bonds. The number of para-hydroxylation sites is 1. The quantitative estimate of drug-likeness (QED) is 0.453. The van der Waals surface area contributed by atoms with Gasteiger partial charge >= 0.3 is 0 Å². The van der Waals surface area contributed by atoms with Crippen molar-refractivity contribution in [3.8, 4) is 0 Å². The van der Waals surface area contributed by atoms with Crippen LogP contribution in [0.1, 0.15) is 51.4 Å². The van der Waals surface area contributed by atoms with Crippen molar-refractivity contribution in [1.29, 1.82) is 0 Å². The van der Waals surface area contributed by atoms with Gasteiger partial charge in [0, 0.05) is 18.2 Å². The van der Waals surface area contributed by atoms with Gasteiger partial charge < -0.3 is 5.32 Å². The van der Waals surface area contributed by atoms with E-state index in [2.05, 4.69) is 22.4 Å².